The van der Waals surface area contributed by atoms with Crippen molar-refractivity contribution in [3.8, 4) is 5.75 Å². The molecule has 2 fully saturated rings. The van der Waals surface area contributed by atoms with Gasteiger partial charge in [-0.2, -0.15) is 0 Å². The summed E-state index contributed by atoms with van der Waals surface area (Å²) >= 11 is 0. The maximum absolute atomic E-state index is 12.7. The Labute approximate surface area is 164 Å². The van der Waals surface area contributed by atoms with Gasteiger partial charge in [-0.25, -0.2) is 0 Å². The molecule has 7 nitrogen and oxygen atoms in total. The van der Waals surface area contributed by atoms with E-state index in [-0.39, 0.29) is 18.0 Å². The van der Waals surface area contributed by atoms with Crippen molar-refractivity contribution in [1.29, 1.82) is 0 Å². The molecule has 1 amide bonds. The van der Waals surface area contributed by atoms with Crippen LogP contribution in [-0.2, 0) is 11.2 Å². The summed E-state index contributed by atoms with van der Waals surface area (Å²) < 4.78 is 11.8. The molecule has 1 spiro atoms. The average molecular weight is 382 g/mol. The first-order valence-corrected chi connectivity index (χ1v) is 10.3. The second-order valence-corrected chi connectivity index (χ2v) is 8.39. The molecule has 2 aliphatic heterocycles. The highest BCUT2D eigenvalue weighted by atomic mass is 16.5. The first-order chi connectivity index (χ1) is 13.6. The number of aryl methyl sites for hydroxylation is 1. The molecular formula is C21H26N4O3. The van der Waals surface area contributed by atoms with E-state index < -0.39 is 6.04 Å². The van der Waals surface area contributed by atoms with Gasteiger partial charge in [0.25, 0.3) is 5.89 Å². The SMILES string of the molecule is C[C@@H](Nc1nnc([C@@H]2CCc3ccccc3O2)o1)C(=O)N1CCC2(CC1)CC2. The van der Waals surface area contributed by atoms with E-state index in [0.29, 0.717) is 11.3 Å². The van der Waals surface area contributed by atoms with Gasteiger partial charge in [-0.3, -0.25) is 4.79 Å². The number of piperidine rings is 1. The fourth-order valence-electron chi connectivity index (χ4n) is 4.32. The van der Waals surface area contributed by atoms with E-state index in [0.717, 1.165) is 44.5 Å². The lowest BCUT2D eigenvalue weighted by molar-refractivity contribution is -0.133. The first-order valence-electron chi connectivity index (χ1n) is 10.3. The summed E-state index contributed by atoms with van der Waals surface area (Å²) in [6.07, 6.45) is 6.40. The van der Waals surface area contributed by atoms with E-state index >= 15 is 0 Å². The van der Waals surface area contributed by atoms with Crippen LogP contribution in [0.5, 0.6) is 5.75 Å². The smallest absolute Gasteiger partial charge is 0.316 e. The van der Waals surface area contributed by atoms with E-state index in [4.69, 9.17) is 9.15 Å². The normalized spacial score (nSPS) is 23.6. The van der Waals surface area contributed by atoms with Crippen LogP contribution < -0.4 is 10.1 Å². The second-order valence-electron chi connectivity index (χ2n) is 8.39. The number of rotatable bonds is 4. The van der Waals surface area contributed by atoms with Crippen LogP contribution in [0.4, 0.5) is 6.01 Å². The molecule has 0 unspecified atom stereocenters. The lowest BCUT2D eigenvalue weighted by Gasteiger charge is -2.33. The molecule has 28 heavy (non-hydrogen) atoms. The summed E-state index contributed by atoms with van der Waals surface area (Å²) in [6, 6.07) is 7.89. The highest BCUT2D eigenvalue weighted by Gasteiger charge is 2.45. The van der Waals surface area contributed by atoms with Crippen molar-refractivity contribution in [1.82, 2.24) is 15.1 Å². The number of carbonyl (C=O) groups excluding carboxylic acids is 1. The van der Waals surface area contributed by atoms with Crippen LogP contribution in [0.15, 0.2) is 28.7 Å². The minimum atomic E-state index is -0.394. The zero-order valence-electron chi connectivity index (χ0n) is 16.2. The minimum Gasteiger partial charge on any atom is -0.480 e. The van der Waals surface area contributed by atoms with E-state index in [1.807, 2.05) is 30.0 Å². The number of fused-ring (bicyclic) bond motifs is 1. The highest BCUT2D eigenvalue weighted by Crippen LogP contribution is 2.53. The Morgan fingerprint density at radius 2 is 2.00 bits per heavy atom. The molecule has 3 aliphatic rings. The lowest BCUT2D eigenvalue weighted by atomic mass is 9.93. The number of nitrogens with zero attached hydrogens (tertiary/aromatic N) is 3. The number of aromatic nitrogens is 2. The monoisotopic (exact) mass is 382 g/mol. The summed E-state index contributed by atoms with van der Waals surface area (Å²) in [4.78, 5) is 14.7. The van der Waals surface area contributed by atoms with Crippen molar-refractivity contribution in [3.05, 3.63) is 35.7 Å². The number of carbonyl (C=O) groups is 1. The number of para-hydroxylation sites is 1. The zero-order chi connectivity index (χ0) is 19.1. The van der Waals surface area contributed by atoms with Crippen LogP contribution in [-0.4, -0.2) is 40.1 Å². The molecule has 1 N–H and O–H groups in total. The molecule has 3 heterocycles. The van der Waals surface area contributed by atoms with Gasteiger partial charge in [-0.1, -0.05) is 23.3 Å². The number of ether oxygens (including phenoxy) is 1. The molecule has 0 radical (unpaired) electrons. The van der Waals surface area contributed by atoms with Crippen LogP contribution in [0, 0.1) is 5.41 Å². The number of anilines is 1. The molecule has 1 aromatic heterocycles. The molecule has 7 heteroatoms. The lowest BCUT2D eigenvalue weighted by Crippen LogP contribution is -2.45. The Morgan fingerprint density at radius 1 is 1.21 bits per heavy atom. The van der Waals surface area contributed by atoms with Gasteiger partial charge in [0.05, 0.1) is 0 Å². The van der Waals surface area contributed by atoms with Gasteiger partial charge < -0.3 is 19.4 Å². The van der Waals surface area contributed by atoms with Crippen molar-refractivity contribution in [2.45, 2.75) is 57.6 Å². The summed E-state index contributed by atoms with van der Waals surface area (Å²) in [6.45, 7) is 3.56. The Morgan fingerprint density at radius 3 is 2.79 bits per heavy atom. The van der Waals surface area contributed by atoms with Gasteiger partial charge in [0.2, 0.25) is 5.91 Å². The van der Waals surface area contributed by atoms with Crippen LogP contribution in [0.1, 0.15) is 56.6 Å². The van der Waals surface area contributed by atoms with Gasteiger partial charge in [-0.05, 0) is 62.5 Å². The van der Waals surface area contributed by atoms with Crippen molar-refractivity contribution in [2.24, 2.45) is 5.41 Å². The van der Waals surface area contributed by atoms with Gasteiger partial charge in [0.15, 0.2) is 6.10 Å². The van der Waals surface area contributed by atoms with Crippen LogP contribution in [0.25, 0.3) is 0 Å². The van der Waals surface area contributed by atoms with Gasteiger partial charge >= 0.3 is 6.01 Å². The largest absolute Gasteiger partial charge is 0.480 e. The minimum absolute atomic E-state index is 0.0955. The van der Waals surface area contributed by atoms with Gasteiger partial charge in [0.1, 0.15) is 11.8 Å². The standard InChI is InChI=1S/C21H26N4O3/c1-14(19(26)25-12-10-21(8-9-21)11-13-25)22-20-24-23-18(28-20)17-7-6-15-4-2-3-5-16(15)27-17/h2-5,14,17H,6-13H2,1H3,(H,22,24)/t14-,17+/m1/s1. The topological polar surface area (TPSA) is 80.5 Å². The van der Waals surface area contributed by atoms with Crippen LogP contribution in [0.2, 0.25) is 0 Å². The van der Waals surface area contributed by atoms with Crippen molar-refractivity contribution in [3.63, 3.8) is 0 Å². The molecule has 5 rings (SSSR count). The molecule has 2 aromatic rings. The predicted octanol–water partition coefficient (Wildman–Crippen LogP) is 3.34. The van der Waals surface area contributed by atoms with Crippen molar-refractivity contribution in [2.75, 3.05) is 18.4 Å². The molecular weight excluding hydrogens is 356 g/mol. The summed E-state index contributed by atoms with van der Waals surface area (Å²) in [5.74, 6) is 1.41. The molecule has 148 valence electrons. The summed E-state index contributed by atoms with van der Waals surface area (Å²) in [5, 5.41) is 11.3. The van der Waals surface area contributed by atoms with Gasteiger partial charge in [-0.15, -0.1) is 5.10 Å². The first kappa shape index (κ1) is 17.5. The number of amides is 1. The number of benzene rings is 1. The molecule has 0 bridgehead atoms. The van der Waals surface area contributed by atoms with E-state index in [9.17, 15) is 4.79 Å². The van der Waals surface area contributed by atoms with Crippen molar-refractivity contribution >= 4 is 11.9 Å². The predicted molar refractivity (Wildman–Crippen MR) is 103 cm³/mol. The molecule has 1 saturated heterocycles. The third-order valence-corrected chi connectivity index (χ3v) is 6.44. The molecule has 1 saturated carbocycles. The number of hydrogen-bond acceptors (Lipinski definition) is 6. The summed E-state index contributed by atoms with van der Waals surface area (Å²) in [5.41, 5.74) is 1.76. The summed E-state index contributed by atoms with van der Waals surface area (Å²) in [7, 11) is 0. The maximum atomic E-state index is 12.7. The van der Waals surface area contributed by atoms with Crippen molar-refractivity contribution < 1.29 is 13.9 Å². The maximum Gasteiger partial charge on any atom is 0.316 e. The third-order valence-electron chi connectivity index (χ3n) is 6.44. The van der Waals surface area contributed by atoms with Crippen LogP contribution >= 0.6 is 0 Å². The number of hydrogen-bond donors (Lipinski definition) is 1. The highest BCUT2D eigenvalue weighted by molar-refractivity contribution is 5.83. The fourth-order valence-corrected chi connectivity index (χ4v) is 4.32. The Bertz CT molecular complexity index is 866. The van der Waals surface area contributed by atoms with E-state index in [1.165, 1.54) is 18.4 Å². The number of nitrogens with one attached hydrogen (secondary N) is 1. The van der Waals surface area contributed by atoms with Crippen LogP contribution in [0.3, 0.4) is 0 Å². The van der Waals surface area contributed by atoms with E-state index in [2.05, 4.69) is 21.6 Å². The third kappa shape index (κ3) is 3.34. The second kappa shape index (κ2) is 6.79. The quantitative estimate of drug-likeness (QED) is 0.874. The number of likely N-dealkylation sites (tertiary alicyclic amines) is 1. The molecule has 1 aliphatic carbocycles. The van der Waals surface area contributed by atoms with Gasteiger partial charge in [0, 0.05) is 13.1 Å². The Kier molecular flexibility index (Phi) is 4.25. The molecule has 1 aromatic carbocycles. The fraction of sp³-hybridized carbons (Fsp3) is 0.571. The Hall–Kier alpha value is -2.57. The average Bonchev–Trinajstić information content (AvgIpc) is 3.31. The molecule has 2 atom stereocenters. The van der Waals surface area contributed by atoms with E-state index in [1.54, 1.807) is 0 Å². The zero-order valence-corrected chi connectivity index (χ0v) is 16.2. The Balaban J connectivity index is 1.19.